The second kappa shape index (κ2) is 8.15. The van der Waals surface area contributed by atoms with Crippen molar-refractivity contribution in [2.75, 3.05) is 11.5 Å². The fraction of sp³-hybridized carbons (Fsp3) is 0.292. The monoisotopic (exact) mass is 455 g/mol. The Morgan fingerprint density at radius 1 is 1.09 bits per heavy atom. The van der Waals surface area contributed by atoms with Crippen LogP contribution < -0.4 is 9.64 Å². The molecule has 2 aromatic heterocycles. The fourth-order valence-electron chi connectivity index (χ4n) is 4.00. The molecule has 6 nitrogen and oxygen atoms in total. The number of benzene rings is 1. The first-order valence-electron chi connectivity index (χ1n) is 10.5. The number of alkyl halides is 3. The summed E-state index contributed by atoms with van der Waals surface area (Å²) in [5, 5.41) is 10.3. The number of carbonyl (C=O) groups is 1. The lowest BCUT2D eigenvalue weighted by Gasteiger charge is -2.17. The normalized spacial score (nSPS) is 16.6. The van der Waals surface area contributed by atoms with Crippen molar-refractivity contribution in [3.63, 3.8) is 0 Å². The molecule has 1 aliphatic heterocycles. The van der Waals surface area contributed by atoms with E-state index in [1.54, 1.807) is 42.6 Å². The molecule has 1 amide bonds. The van der Waals surface area contributed by atoms with Crippen LogP contribution in [0.4, 0.5) is 18.9 Å². The van der Waals surface area contributed by atoms with Crippen molar-refractivity contribution in [2.45, 2.75) is 31.7 Å². The number of hydrogen-bond donors (Lipinski definition) is 1. The Hall–Kier alpha value is -3.46. The summed E-state index contributed by atoms with van der Waals surface area (Å²) in [6.07, 6.45) is -0.0996. The SMILES string of the molecule is O=C1c2ccnc(-c3ccccc3OCC(F)(F)F)c2CN1c1ccc([C@H](O)C2CC2)nc1. The number of anilines is 1. The van der Waals surface area contributed by atoms with E-state index in [9.17, 15) is 23.1 Å². The first-order chi connectivity index (χ1) is 15.8. The van der Waals surface area contributed by atoms with Crippen molar-refractivity contribution in [1.29, 1.82) is 0 Å². The number of carbonyl (C=O) groups excluding carboxylic acids is 1. The molecule has 3 heterocycles. The number of hydrogen-bond acceptors (Lipinski definition) is 5. The number of para-hydroxylation sites is 1. The van der Waals surface area contributed by atoms with Crippen LogP contribution in [0.3, 0.4) is 0 Å². The van der Waals surface area contributed by atoms with Crippen LogP contribution in [0.25, 0.3) is 11.3 Å². The predicted molar refractivity (Wildman–Crippen MR) is 114 cm³/mol. The van der Waals surface area contributed by atoms with Gasteiger partial charge in [-0.05, 0) is 49.1 Å². The van der Waals surface area contributed by atoms with Gasteiger partial charge in [0.1, 0.15) is 5.75 Å². The van der Waals surface area contributed by atoms with Gasteiger partial charge in [0.15, 0.2) is 6.61 Å². The number of nitrogens with zero attached hydrogens (tertiary/aromatic N) is 3. The summed E-state index contributed by atoms with van der Waals surface area (Å²) in [5.74, 6) is 0.0376. The van der Waals surface area contributed by atoms with Gasteiger partial charge in [-0.25, -0.2) is 0 Å². The zero-order valence-electron chi connectivity index (χ0n) is 17.4. The van der Waals surface area contributed by atoms with Gasteiger partial charge >= 0.3 is 6.18 Å². The molecule has 1 aromatic carbocycles. The first-order valence-corrected chi connectivity index (χ1v) is 10.5. The smallest absolute Gasteiger partial charge is 0.422 e. The minimum atomic E-state index is -4.47. The molecule has 1 atom stereocenters. The van der Waals surface area contributed by atoms with Crippen molar-refractivity contribution in [3.8, 4) is 17.0 Å². The number of amides is 1. The minimum absolute atomic E-state index is 0.0432. The van der Waals surface area contributed by atoms with Gasteiger partial charge in [-0.15, -0.1) is 0 Å². The molecular formula is C24H20F3N3O3. The number of aromatic nitrogens is 2. The second-order valence-electron chi connectivity index (χ2n) is 8.20. The lowest BCUT2D eigenvalue weighted by atomic mass is 10.0. The molecule has 33 heavy (non-hydrogen) atoms. The van der Waals surface area contributed by atoms with Crippen LogP contribution >= 0.6 is 0 Å². The molecule has 5 rings (SSSR count). The molecule has 0 spiro atoms. The third kappa shape index (κ3) is 4.28. The molecule has 0 unspecified atom stereocenters. The zero-order chi connectivity index (χ0) is 23.2. The molecule has 1 aliphatic carbocycles. The summed E-state index contributed by atoms with van der Waals surface area (Å²) in [7, 11) is 0. The fourth-order valence-corrected chi connectivity index (χ4v) is 4.00. The van der Waals surface area contributed by atoms with Crippen molar-refractivity contribution >= 4 is 11.6 Å². The molecule has 0 radical (unpaired) electrons. The van der Waals surface area contributed by atoms with Crippen molar-refractivity contribution < 1.29 is 27.8 Å². The van der Waals surface area contributed by atoms with Gasteiger partial charge < -0.3 is 14.7 Å². The maximum atomic E-state index is 13.1. The molecule has 9 heteroatoms. The molecular weight excluding hydrogens is 435 g/mol. The Balaban J connectivity index is 1.44. The summed E-state index contributed by atoms with van der Waals surface area (Å²) < 4.78 is 43.1. The molecule has 1 fully saturated rings. The Morgan fingerprint density at radius 3 is 2.58 bits per heavy atom. The second-order valence-corrected chi connectivity index (χ2v) is 8.20. The van der Waals surface area contributed by atoms with Gasteiger partial charge in [0.05, 0.1) is 35.9 Å². The van der Waals surface area contributed by atoms with Crippen LogP contribution in [-0.4, -0.2) is 33.8 Å². The Labute approximate surface area is 187 Å². The highest BCUT2D eigenvalue weighted by Crippen LogP contribution is 2.41. The van der Waals surface area contributed by atoms with E-state index in [0.717, 1.165) is 12.8 Å². The lowest BCUT2D eigenvalue weighted by molar-refractivity contribution is -0.153. The van der Waals surface area contributed by atoms with Gasteiger partial charge in [-0.3, -0.25) is 14.8 Å². The third-order valence-corrected chi connectivity index (χ3v) is 5.84. The van der Waals surface area contributed by atoms with E-state index >= 15 is 0 Å². The Morgan fingerprint density at radius 2 is 1.88 bits per heavy atom. The highest BCUT2D eigenvalue weighted by atomic mass is 19.4. The average molecular weight is 455 g/mol. The molecule has 0 saturated heterocycles. The summed E-state index contributed by atoms with van der Waals surface area (Å²) in [6, 6.07) is 11.4. The number of pyridine rings is 2. The lowest BCUT2D eigenvalue weighted by Crippen LogP contribution is -2.23. The van der Waals surface area contributed by atoms with Crippen LogP contribution in [0, 0.1) is 5.92 Å². The highest BCUT2D eigenvalue weighted by molar-refractivity contribution is 6.11. The van der Waals surface area contributed by atoms with E-state index < -0.39 is 18.9 Å². The molecule has 1 N–H and O–H groups in total. The van der Waals surface area contributed by atoms with Crippen molar-refractivity contribution in [1.82, 2.24) is 9.97 Å². The average Bonchev–Trinajstić information content (AvgIpc) is 3.60. The molecule has 170 valence electrons. The van der Waals surface area contributed by atoms with Crippen LogP contribution in [0.2, 0.25) is 0 Å². The quantitative estimate of drug-likeness (QED) is 0.584. The largest absolute Gasteiger partial charge is 0.483 e. The van der Waals surface area contributed by atoms with Gasteiger partial charge in [0.25, 0.3) is 5.91 Å². The molecule has 1 saturated carbocycles. The van der Waals surface area contributed by atoms with Crippen molar-refractivity contribution in [2.24, 2.45) is 5.92 Å². The maximum Gasteiger partial charge on any atom is 0.422 e. The van der Waals surface area contributed by atoms with E-state index in [4.69, 9.17) is 4.74 Å². The number of rotatable bonds is 6. The maximum absolute atomic E-state index is 13.1. The van der Waals surface area contributed by atoms with Gasteiger partial charge in [-0.2, -0.15) is 13.2 Å². The highest BCUT2D eigenvalue weighted by Gasteiger charge is 2.34. The standard InChI is InChI=1S/C24H20F3N3O3/c25-24(26,27)13-33-20-4-2-1-3-17(20)21-18-12-30(23(32)16(18)9-10-28-21)15-7-8-19(29-11-15)22(31)14-5-6-14/h1-4,7-11,14,22,31H,5-6,12-13H2/t22-/m1/s1. The van der Waals surface area contributed by atoms with Crippen LogP contribution in [-0.2, 0) is 6.54 Å². The summed E-state index contributed by atoms with van der Waals surface area (Å²) in [4.78, 5) is 23.3. The van der Waals surface area contributed by atoms with E-state index in [2.05, 4.69) is 9.97 Å². The number of aliphatic hydroxyl groups is 1. The number of aliphatic hydroxyl groups excluding tert-OH is 1. The predicted octanol–water partition coefficient (Wildman–Crippen LogP) is 4.69. The Bertz CT molecular complexity index is 1190. The van der Waals surface area contributed by atoms with E-state index in [-0.39, 0.29) is 24.1 Å². The zero-order valence-corrected chi connectivity index (χ0v) is 17.4. The summed E-state index contributed by atoms with van der Waals surface area (Å²) >= 11 is 0. The van der Waals surface area contributed by atoms with Crippen molar-refractivity contribution in [3.05, 3.63) is 71.7 Å². The number of halogens is 3. The number of fused-ring (bicyclic) bond motifs is 1. The molecule has 2 aliphatic rings. The third-order valence-electron chi connectivity index (χ3n) is 5.84. The summed E-state index contributed by atoms with van der Waals surface area (Å²) in [5.41, 5.74) is 2.95. The van der Waals surface area contributed by atoms with E-state index in [1.165, 1.54) is 17.2 Å². The summed E-state index contributed by atoms with van der Waals surface area (Å²) in [6.45, 7) is -1.23. The minimum Gasteiger partial charge on any atom is -0.483 e. The van der Waals surface area contributed by atoms with Gasteiger partial charge in [-0.1, -0.05) is 12.1 Å². The first kappa shape index (κ1) is 21.4. The molecule has 3 aromatic rings. The van der Waals surface area contributed by atoms with Crippen LogP contribution in [0.5, 0.6) is 5.75 Å². The van der Waals surface area contributed by atoms with Crippen LogP contribution in [0.15, 0.2) is 54.9 Å². The number of ether oxygens (including phenoxy) is 1. The van der Waals surface area contributed by atoms with E-state index in [1.807, 2.05) is 0 Å². The van der Waals surface area contributed by atoms with Gasteiger partial charge in [0, 0.05) is 22.9 Å². The van der Waals surface area contributed by atoms with Gasteiger partial charge in [0.2, 0.25) is 0 Å². The Kier molecular flexibility index (Phi) is 5.28. The molecule has 0 bridgehead atoms. The van der Waals surface area contributed by atoms with Crippen LogP contribution in [0.1, 0.15) is 40.6 Å². The topological polar surface area (TPSA) is 75.5 Å². The van der Waals surface area contributed by atoms with E-state index in [0.29, 0.717) is 33.8 Å².